The second kappa shape index (κ2) is 16.1. The molecule has 0 spiro atoms. The third-order valence-electron chi connectivity index (χ3n) is 9.11. The number of rotatable bonds is 6. The molecule has 0 N–H and O–H groups in total. The molecule has 0 radical (unpaired) electrons. The van der Waals surface area contributed by atoms with E-state index in [1.165, 1.54) is 64.9 Å². The van der Waals surface area contributed by atoms with Crippen molar-refractivity contribution in [2.45, 2.75) is 92.9 Å². The first kappa shape index (κ1) is 42.3. The van der Waals surface area contributed by atoms with Gasteiger partial charge in [-0.15, -0.1) is 34.8 Å². The molecule has 0 heterocycles. The predicted molar refractivity (Wildman–Crippen MR) is 189 cm³/mol. The van der Waals surface area contributed by atoms with E-state index in [0.717, 1.165) is 12.8 Å². The number of halogens is 3. The van der Waals surface area contributed by atoms with Crippen LogP contribution in [0.2, 0.25) is 0 Å². The van der Waals surface area contributed by atoms with Gasteiger partial charge in [0.2, 0.25) is 0 Å². The molecule has 0 bridgehead atoms. The molecule has 0 aliphatic carbocycles. The van der Waals surface area contributed by atoms with Gasteiger partial charge in [-0.25, -0.2) is 0 Å². The Morgan fingerprint density at radius 1 is 0.565 bits per heavy atom. The van der Waals surface area contributed by atoms with Crippen molar-refractivity contribution >= 4 is 39.6 Å². The second-order valence-corrected chi connectivity index (χ2v) is 18.4. The number of fused-ring (bicyclic) bond motifs is 1. The van der Waals surface area contributed by atoms with Crippen LogP contribution in [-0.4, -0.2) is 8.07 Å². The predicted octanol–water partition coefficient (Wildman–Crippen LogP) is -0.718. The summed E-state index contributed by atoms with van der Waals surface area (Å²) in [6.07, 6.45) is 2.08. The van der Waals surface area contributed by atoms with Crippen LogP contribution in [0, 0.1) is 13.8 Å². The van der Waals surface area contributed by atoms with E-state index in [1.54, 1.807) is 0 Å². The molecule has 46 heavy (non-hydrogen) atoms. The molecule has 0 aliphatic rings. The molecule has 5 rings (SSSR count). The minimum Gasteiger partial charge on any atom is -1.00 e. The molecular formula is C41H49Cl3SiTi. The number of hydrogen-bond donors (Lipinski definition) is 0. The maximum Gasteiger partial charge on any atom is 4.00 e. The van der Waals surface area contributed by atoms with Gasteiger partial charge >= 0.3 is 21.7 Å². The third kappa shape index (κ3) is 8.28. The van der Waals surface area contributed by atoms with E-state index in [9.17, 15) is 0 Å². The molecule has 0 saturated carbocycles. The Bertz CT molecular complexity index is 1650. The maximum absolute atomic E-state index is 2.76. The molecular weight excluding hydrogens is 675 g/mol. The zero-order chi connectivity index (χ0) is 30.4. The monoisotopic (exact) mass is 722 g/mol. The van der Waals surface area contributed by atoms with E-state index < -0.39 is 8.07 Å². The fraction of sp³-hybridized carbons (Fsp3) is 0.341. The molecule has 5 aromatic rings. The first-order valence-electron chi connectivity index (χ1n) is 15.8. The van der Waals surface area contributed by atoms with Crippen molar-refractivity contribution in [3.05, 3.63) is 124 Å². The molecule has 1 atom stereocenters. The van der Waals surface area contributed by atoms with E-state index in [-0.39, 0.29) is 69.8 Å². The summed E-state index contributed by atoms with van der Waals surface area (Å²) in [4.78, 5) is 0. The van der Waals surface area contributed by atoms with Crippen LogP contribution in [0.4, 0.5) is 0 Å². The van der Waals surface area contributed by atoms with Gasteiger partial charge in [-0.2, -0.15) is 11.5 Å². The maximum atomic E-state index is 2.58. The Balaban J connectivity index is 0.00000264. The average molecular weight is 724 g/mol. The molecule has 0 nitrogen and oxygen atoms in total. The summed E-state index contributed by atoms with van der Waals surface area (Å²) in [5.41, 5.74) is 8.46. The first-order chi connectivity index (χ1) is 19.7. The minimum atomic E-state index is -2.76. The Kier molecular flexibility index (Phi) is 14.8. The van der Waals surface area contributed by atoms with Crippen LogP contribution in [0.5, 0.6) is 0 Å². The van der Waals surface area contributed by atoms with Crippen LogP contribution in [0.25, 0.3) is 10.8 Å². The zero-order valence-corrected chi connectivity index (χ0v) is 34.0. The molecule has 242 valence electrons. The van der Waals surface area contributed by atoms with Crippen molar-refractivity contribution in [2.24, 2.45) is 0 Å². The van der Waals surface area contributed by atoms with Gasteiger partial charge in [0.05, 0.1) is 0 Å². The van der Waals surface area contributed by atoms with Crippen LogP contribution in [0.15, 0.2) is 91.0 Å². The molecule has 1 unspecified atom stereocenters. The molecule has 5 aromatic carbocycles. The number of hydrogen-bond acceptors (Lipinski definition) is 0. The molecule has 0 amide bonds. The fourth-order valence-corrected chi connectivity index (χ4v) is 11.8. The third-order valence-corrected chi connectivity index (χ3v) is 13.7. The van der Waals surface area contributed by atoms with Gasteiger partial charge in [-0.3, -0.25) is 0 Å². The summed E-state index contributed by atoms with van der Waals surface area (Å²) in [5, 5.41) is 8.63. The van der Waals surface area contributed by atoms with Gasteiger partial charge in [-0.1, -0.05) is 127 Å². The van der Waals surface area contributed by atoms with E-state index in [0.29, 0.717) is 0 Å². The normalized spacial score (nSPS) is 12.7. The van der Waals surface area contributed by atoms with Crippen molar-refractivity contribution in [2.75, 3.05) is 0 Å². The summed E-state index contributed by atoms with van der Waals surface area (Å²) in [6.45, 7) is 23.3. The fourth-order valence-electron chi connectivity index (χ4n) is 6.66. The summed E-state index contributed by atoms with van der Waals surface area (Å²) in [5.74, 6) is 0. The summed E-state index contributed by atoms with van der Waals surface area (Å²) in [6, 6.07) is 36.5. The van der Waals surface area contributed by atoms with Gasteiger partial charge in [-0.05, 0) is 75.3 Å². The van der Waals surface area contributed by atoms with E-state index in [1.807, 2.05) is 0 Å². The molecule has 0 saturated heterocycles. The van der Waals surface area contributed by atoms with Crippen molar-refractivity contribution in [3.8, 4) is 0 Å². The largest absolute Gasteiger partial charge is 4.00 e. The Hall–Kier alpha value is -1.71. The van der Waals surface area contributed by atoms with E-state index in [2.05, 4.69) is 160 Å². The quantitative estimate of drug-likeness (QED) is 0.124. The molecule has 0 fully saturated rings. The second-order valence-electron chi connectivity index (χ2n) is 14.5. The summed E-state index contributed by atoms with van der Waals surface area (Å²) >= 11 is 0. The standard InChI is InChI=1S/C41H49Si.3ClH.Ti/c1-11-30-20-31(12-2)22-37(21-30)42(36-18-28(3)17-29(4)19-36,38-23-32-15-13-14-16-33(32)24-38)39-26-34(40(5,6)7)25-35(27-39)41(8,9)10;;;;/h13-27H,11-12H2,1-10H3;3*1H;/q-1;;;;+4/p-3. The SMILES string of the molecule is CCc1cc(CC)cc([Si](c2cc(C)cc(C)c2)(c2cc(C(C)(C)C)cc(C(C)(C)C)c2)c2cc3ccccc3[cH-]2)c1.[Cl-].[Cl-].[Cl-].[Ti+4]. The van der Waals surface area contributed by atoms with Crippen molar-refractivity contribution < 1.29 is 58.9 Å². The van der Waals surface area contributed by atoms with Gasteiger partial charge < -0.3 is 37.2 Å². The Labute approximate surface area is 313 Å². The van der Waals surface area contributed by atoms with Gasteiger partial charge in [0.25, 0.3) is 0 Å². The Morgan fingerprint density at radius 2 is 1.02 bits per heavy atom. The van der Waals surface area contributed by atoms with Crippen molar-refractivity contribution in [1.29, 1.82) is 0 Å². The molecule has 0 aromatic heterocycles. The smallest absolute Gasteiger partial charge is 1.00 e. The van der Waals surface area contributed by atoms with Gasteiger partial charge in [0.15, 0.2) is 8.07 Å². The van der Waals surface area contributed by atoms with Crippen molar-refractivity contribution in [3.63, 3.8) is 0 Å². The average Bonchev–Trinajstić information content (AvgIpc) is 3.36. The van der Waals surface area contributed by atoms with Crippen molar-refractivity contribution in [1.82, 2.24) is 0 Å². The Morgan fingerprint density at radius 3 is 1.48 bits per heavy atom. The first-order valence-corrected chi connectivity index (χ1v) is 17.8. The van der Waals surface area contributed by atoms with Crippen LogP contribution in [0.1, 0.15) is 88.8 Å². The minimum absolute atomic E-state index is 0. The van der Waals surface area contributed by atoms with Crippen LogP contribution in [-0.2, 0) is 45.4 Å². The zero-order valence-electron chi connectivity index (χ0n) is 29.2. The summed E-state index contributed by atoms with van der Waals surface area (Å²) in [7, 11) is -2.76. The van der Waals surface area contributed by atoms with Crippen LogP contribution >= 0.6 is 0 Å². The number of aryl methyl sites for hydroxylation is 4. The number of benzene rings is 4. The molecule has 5 heteroatoms. The van der Waals surface area contributed by atoms with Gasteiger partial charge in [0.1, 0.15) is 0 Å². The van der Waals surface area contributed by atoms with E-state index >= 15 is 0 Å². The molecule has 0 aliphatic heterocycles. The van der Waals surface area contributed by atoms with E-state index in [4.69, 9.17) is 0 Å². The van der Waals surface area contributed by atoms with Crippen LogP contribution < -0.4 is 58.0 Å². The topological polar surface area (TPSA) is 0 Å². The van der Waals surface area contributed by atoms with Gasteiger partial charge in [0, 0.05) is 0 Å². The van der Waals surface area contributed by atoms with Crippen LogP contribution in [0.3, 0.4) is 0 Å². The summed E-state index contributed by atoms with van der Waals surface area (Å²) < 4.78 is 0.